The average molecular weight is 422 g/mol. The number of amides is 1. The number of methoxy groups -OCH3 is 1. The molecule has 3 aromatic rings. The predicted molar refractivity (Wildman–Crippen MR) is 123 cm³/mol. The number of para-hydroxylation sites is 1. The van der Waals surface area contributed by atoms with Crippen molar-refractivity contribution in [3.63, 3.8) is 0 Å². The van der Waals surface area contributed by atoms with Crippen molar-refractivity contribution in [2.75, 3.05) is 27.2 Å². The molecule has 1 atom stereocenters. The van der Waals surface area contributed by atoms with Gasteiger partial charge in [-0.15, -0.1) is 0 Å². The lowest BCUT2D eigenvalue weighted by Gasteiger charge is -2.29. The lowest BCUT2D eigenvalue weighted by Crippen LogP contribution is -2.36. The van der Waals surface area contributed by atoms with E-state index in [2.05, 4.69) is 46.2 Å². The van der Waals surface area contributed by atoms with Gasteiger partial charge in [0, 0.05) is 43.0 Å². The summed E-state index contributed by atoms with van der Waals surface area (Å²) in [7, 11) is 3.74. The number of benzene rings is 2. The van der Waals surface area contributed by atoms with Crippen LogP contribution in [-0.2, 0) is 6.54 Å². The zero-order valence-electron chi connectivity index (χ0n) is 18.5. The quantitative estimate of drug-likeness (QED) is 0.628. The Morgan fingerprint density at radius 2 is 1.90 bits per heavy atom. The molecule has 6 nitrogen and oxygen atoms in total. The topological polar surface area (TPSA) is 55.7 Å². The highest BCUT2D eigenvalue weighted by atomic mass is 16.5. The second-order valence-corrected chi connectivity index (χ2v) is 8.39. The lowest BCUT2D eigenvalue weighted by molar-refractivity contribution is 0.0936. The number of aromatic nitrogens is 1. The van der Waals surface area contributed by atoms with Crippen LogP contribution in [0.1, 0.15) is 30.1 Å². The van der Waals surface area contributed by atoms with Gasteiger partial charge in [-0.2, -0.15) is 0 Å². The monoisotopic (exact) mass is 421 g/mol. The molecular weight excluding hydrogens is 390 g/mol. The number of fused-ring (bicyclic) bond motifs is 1. The number of nitrogens with zero attached hydrogens (tertiary/aromatic N) is 2. The normalized spacial score (nSPS) is 16.2. The molecule has 1 amide bonds. The van der Waals surface area contributed by atoms with Crippen molar-refractivity contribution >= 4 is 16.8 Å². The number of carbonyl (C=O) groups is 1. The molecule has 6 heteroatoms. The van der Waals surface area contributed by atoms with Gasteiger partial charge in [0.05, 0.1) is 7.11 Å². The minimum atomic E-state index is -0.117. The Labute approximate surface area is 183 Å². The number of likely N-dealkylation sites (tertiary alicyclic amines) is 1. The van der Waals surface area contributed by atoms with Crippen molar-refractivity contribution in [1.29, 1.82) is 0 Å². The first kappa shape index (κ1) is 21.2. The molecule has 1 unspecified atom stereocenters. The number of nitrogens with one attached hydrogen (secondary N) is 1. The fourth-order valence-electron chi connectivity index (χ4n) is 4.14. The smallest absolute Gasteiger partial charge is 0.251 e. The van der Waals surface area contributed by atoms with E-state index in [-0.39, 0.29) is 18.1 Å². The Balaban J connectivity index is 1.39. The van der Waals surface area contributed by atoms with E-state index in [0.29, 0.717) is 23.6 Å². The largest absolute Gasteiger partial charge is 0.493 e. The number of carbonyl (C=O) groups excluding carboxylic acids is 1. The summed E-state index contributed by atoms with van der Waals surface area (Å²) in [5.41, 5.74) is 1.73. The third-order valence-electron chi connectivity index (χ3n) is 5.91. The zero-order chi connectivity index (χ0) is 21.8. The van der Waals surface area contributed by atoms with Crippen LogP contribution >= 0.6 is 0 Å². The molecule has 1 aliphatic rings. The van der Waals surface area contributed by atoms with E-state index < -0.39 is 0 Å². The fourth-order valence-corrected chi connectivity index (χ4v) is 4.14. The Kier molecular flexibility index (Phi) is 6.47. The summed E-state index contributed by atoms with van der Waals surface area (Å²) in [5, 5.41) is 4.29. The lowest BCUT2D eigenvalue weighted by atomic mass is 10.1. The van der Waals surface area contributed by atoms with Crippen LogP contribution in [0, 0.1) is 0 Å². The highest BCUT2D eigenvalue weighted by molar-refractivity contribution is 5.95. The minimum Gasteiger partial charge on any atom is -0.493 e. The van der Waals surface area contributed by atoms with E-state index >= 15 is 0 Å². The van der Waals surface area contributed by atoms with E-state index in [1.807, 2.05) is 25.1 Å². The van der Waals surface area contributed by atoms with E-state index in [1.165, 1.54) is 10.9 Å². The Morgan fingerprint density at radius 3 is 2.68 bits per heavy atom. The van der Waals surface area contributed by atoms with Crippen LogP contribution in [0.25, 0.3) is 10.9 Å². The molecule has 1 fully saturated rings. The molecule has 2 aromatic carbocycles. The molecular formula is C25H31N3O3. The maximum Gasteiger partial charge on any atom is 0.251 e. The van der Waals surface area contributed by atoms with Gasteiger partial charge in [0.2, 0.25) is 0 Å². The molecule has 1 aromatic heterocycles. The van der Waals surface area contributed by atoms with Gasteiger partial charge in [0.15, 0.2) is 11.5 Å². The number of ether oxygens (including phenoxy) is 2. The van der Waals surface area contributed by atoms with Crippen molar-refractivity contribution in [3.05, 3.63) is 60.3 Å². The van der Waals surface area contributed by atoms with Gasteiger partial charge >= 0.3 is 0 Å². The molecule has 31 heavy (non-hydrogen) atoms. The number of piperidine rings is 1. The van der Waals surface area contributed by atoms with Crippen molar-refractivity contribution in [3.8, 4) is 11.5 Å². The molecule has 1 aliphatic heterocycles. The van der Waals surface area contributed by atoms with Gasteiger partial charge in [-0.05, 0) is 62.5 Å². The van der Waals surface area contributed by atoms with E-state index in [9.17, 15) is 4.79 Å². The first-order chi connectivity index (χ1) is 15.0. The Hall–Kier alpha value is -2.99. The molecule has 2 heterocycles. The van der Waals surface area contributed by atoms with Gasteiger partial charge in [-0.1, -0.05) is 18.2 Å². The summed E-state index contributed by atoms with van der Waals surface area (Å²) in [6.45, 7) is 4.78. The molecule has 1 saturated heterocycles. The Bertz CT molecular complexity index is 1040. The fraction of sp³-hybridized carbons (Fsp3) is 0.400. The second-order valence-electron chi connectivity index (χ2n) is 8.39. The van der Waals surface area contributed by atoms with E-state index in [0.717, 1.165) is 25.9 Å². The molecule has 0 saturated carbocycles. The maximum atomic E-state index is 12.8. The zero-order valence-corrected chi connectivity index (χ0v) is 18.5. The third-order valence-corrected chi connectivity index (χ3v) is 5.91. The van der Waals surface area contributed by atoms with Crippen LogP contribution in [0.4, 0.5) is 0 Å². The number of hydrogen-bond donors (Lipinski definition) is 1. The van der Waals surface area contributed by atoms with E-state index in [4.69, 9.17) is 9.47 Å². The number of hydrogen-bond acceptors (Lipinski definition) is 4. The summed E-state index contributed by atoms with van der Waals surface area (Å²) >= 11 is 0. The van der Waals surface area contributed by atoms with Crippen molar-refractivity contribution in [2.45, 2.75) is 38.5 Å². The van der Waals surface area contributed by atoms with Crippen molar-refractivity contribution in [1.82, 2.24) is 14.8 Å². The van der Waals surface area contributed by atoms with Crippen LogP contribution in [-0.4, -0.2) is 54.8 Å². The van der Waals surface area contributed by atoms with Gasteiger partial charge < -0.3 is 24.3 Å². The van der Waals surface area contributed by atoms with Crippen LogP contribution in [0.5, 0.6) is 11.5 Å². The van der Waals surface area contributed by atoms with Crippen LogP contribution in [0.15, 0.2) is 54.7 Å². The minimum absolute atomic E-state index is 0.0237. The number of rotatable bonds is 7. The summed E-state index contributed by atoms with van der Waals surface area (Å²) in [6.07, 6.45) is 4.23. The van der Waals surface area contributed by atoms with Crippen molar-refractivity contribution in [2.24, 2.45) is 0 Å². The summed E-state index contributed by atoms with van der Waals surface area (Å²) in [6, 6.07) is 15.7. The van der Waals surface area contributed by atoms with Gasteiger partial charge in [-0.3, -0.25) is 4.79 Å². The average Bonchev–Trinajstić information content (AvgIpc) is 3.18. The second kappa shape index (κ2) is 9.43. The highest BCUT2D eigenvalue weighted by Crippen LogP contribution is 2.30. The van der Waals surface area contributed by atoms with Crippen molar-refractivity contribution < 1.29 is 14.3 Å². The van der Waals surface area contributed by atoms with Gasteiger partial charge in [0.1, 0.15) is 6.10 Å². The summed E-state index contributed by atoms with van der Waals surface area (Å²) in [4.78, 5) is 15.1. The molecule has 4 rings (SSSR count). The van der Waals surface area contributed by atoms with E-state index in [1.54, 1.807) is 19.2 Å². The molecule has 0 aliphatic carbocycles. The van der Waals surface area contributed by atoms with Gasteiger partial charge in [-0.25, -0.2) is 0 Å². The Morgan fingerprint density at radius 1 is 1.13 bits per heavy atom. The van der Waals surface area contributed by atoms with Gasteiger partial charge in [0.25, 0.3) is 5.91 Å². The predicted octanol–water partition coefficient (Wildman–Crippen LogP) is 3.94. The molecule has 0 radical (unpaired) electrons. The molecule has 164 valence electrons. The van der Waals surface area contributed by atoms with Crippen LogP contribution in [0.3, 0.4) is 0 Å². The maximum absolute atomic E-state index is 12.8. The first-order valence-corrected chi connectivity index (χ1v) is 10.9. The first-order valence-electron chi connectivity index (χ1n) is 10.9. The molecule has 0 spiro atoms. The standard InChI is InChI=1S/C25H31N3O3/c1-18(17-28-15-10-19-6-4-5-7-22(19)28)26-25(29)20-8-9-23(24(16-20)30-3)31-21-11-13-27(2)14-12-21/h4-10,15-16,18,21H,11-14,17H2,1-3H3,(H,26,29). The third kappa shape index (κ3) is 5.02. The van der Waals surface area contributed by atoms with Crippen LogP contribution in [0.2, 0.25) is 0 Å². The highest BCUT2D eigenvalue weighted by Gasteiger charge is 2.20. The summed E-state index contributed by atoms with van der Waals surface area (Å²) in [5.74, 6) is 1.17. The molecule has 0 bridgehead atoms. The van der Waals surface area contributed by atoms with Crippen LogP contribution < -0.4 is 14.8 Å². The summed E-state index contributed by atoms with van der Waals surface area (Å²) < 4.78 is 13.8. The molecule has 1 N–H and O–H groups in total. The SMILES string of the molecule is COc1cc(C(=O)NC(C)Cn2ccc3ccccc32)ccc1OC1CCN(C)CC1.